The van der Waals surface area contributed by atoms with E-state index in [1.807, 2.05) is 24.3 Å². The average molecular weight is 427 g/mol. The maximum Gasteiger partial charge on any atom is 0.417 e. The minimum atomic E-state index is -4.41. The largest absolute Gasteiger partial charge is 0.472 e. The Kier molecular flexibility index (Phi) is 4.68. The fourth-order valence-electron chi connectivity index (χ4n) is 4.56. The van der Waals surface area contributed by atoms with Gasteiger partial charge in [0.05, 0.1) is 29.7 Å². The summed E-state index contributed by atoms with van der Waals surface area (Å²) in [5.74, 6) is 0.647. The van der Waals surface area contributed by atoms with E-state index in [1.54, 1.807) is 17.2 Å². The first-order valence-corrected chi connectivity index (χ1v) is 10.0. The highest BCUT2D eigenvalue weighted by Crippen LogP contribution is 2.43. The molecule has 1 saturated carbocycles. The number of rotatable bonds is 5. The van der Waals surface area contributed by atoms with Crippen LogP contribution in [0.3, 0.4) is 0 Å². The van der Waals surface area contributed by atoms with Gasteiger partial charge in [-0.1, -0.05) is 24.8 Å². The summed E-state index contributed by atoms with van der Waals surface area (Å²) < 4.78 is 44.3. The van der Waals surface area contributed by atoms with Crippen LogP contribution in [0.1, 0.15) is 24.0 Å². The molecule has 1 aromatic carbocycles. The maximum atomic E-state index is 12.8. The highest BCUT2D eigenvalue weighted by molar-refractivity contribution is 5.70. The zero-order valence-electron chi connectivity index (χ0n) is 16.5. The number of ether oxygens (including phenoxy) is 1. The molecule has 3 heterocycles. The second-order valence-corrected chi connectivity index (χ2v) is 7.88. The van der Waals surface area contributed by atoms with Gasteiger partial charge < -0.3 is 9.64 Å². The monoisotopic (exact) mass is 427 g/mol. The highest BCUT2D eigenvalue weighted by atomic mass is 19.4. The van der Waals surface area contributed by atoms with Crippen LogP contribution in [0.25, 0.3) is 11.4 Å². The molecule has 1 aliphatic carbocycles. The van der Waals surface area contributed by atoms with Crippen molar-refractivity contribution in [1.82, 2.24) is 24.9 Å². The Balaban J connectivity index is 1.35. The number of piperidine rings is 1. The number of benzene rings is 1. The molecule has 5 rings (SSSR count). The molecule has 31 heavy (non-hydrogen) atoms. The molecule has 160 valence electrons. The molecule has 3 unspecified atom stereocenters. The Bertz CT molecular complexity index is 1080. The third-order valence-electron chi connectivity index (χ3n) is 5.96. The van der Waals surface area contributed by atoms with Gasteiger partial charge in [0.2, 0.25) is 5.88 Å². The molecule has 1 saturated heterocycles. The summed E-state index contributed by atoms with van der Waals surface area (Å²) in [6, 6.07) is 10.2. The summed E-state index contributed by atoms with van der Waals surface area (Å²) >= 11 is 0. The van der Waals surface area contributed by atoms with Crippen LogP contribution in [-0.4, -0.2) is 43.6 Å². The van der Waals surface area contributed by atoms with E-state index in [2.05, 4.69) is 26.7 Å². The van der Waals surface area contributed by atoms with Crippen molar-refractivity contribution in [2.45, 2.75) is 31.2 Å². The summed E-state index contributed by atoms with van der Waals surface area (Å²) in [5.41, 5.74) is 1.83. The lowest BCUT2D eigenvalue weighted by Crippen LogP contribution is -2.42. The molecule has 9 heteroatoms. The summed E-state index contributed by atoms with van der Waals surface area (Å²) in [7, 11) is 0. The molecule has 2 fully saturated rings. The summed E-state index contributed by atoms with van der Waals surface area (Å²) in [5, 5.41) is 8.46. The Morgan fingerprint density at radius 1 is 1.06 bits per heavy atom. The van der Waals surface area contributed by atoms with Gasteiger partial charge >= 0.3 is 6.18 Å². The highest BCUT2D eigenvalue weighted by Gasteiger charge is 2.47. The van der Waals surface area contributed by atoms with Crippen LogP contribution < -0.4 is 4.74 Å². The predicted molar refractivity (Wildman–Crippen MR) is 107 cm³/mol. The number of nitrogens with zero attached hydrogens (tertiary/aromatic N) is 5. The van der Waals surface area contributed by atoms with Crippen molar-refractivity contribution in [2.24, 2.45) is 5.92 Å². The van der Waals surface area contributed by atoms with Gasteiger partial charge in [-0.15, -0.1) is 0 Å². The van der Waals surface area contributed by atoms with Gasteiger partial charge in [0, 0.05) is 30.1 Å². The summed E-state index contributed by atoms with van der Waals surface area (Å²) in [6.45, 7) is 5.20. The number of hydrogen-bond donors (Lipinski definition) is 0. The normalized spacial score (nSPS) is 22.7. The lowest BCUT2D eigenvalue weighted by Gasteiger charge is -2.36. The van der Waals surface area contributed by atoms with E-state index in [-0.39, 0.29) is 18.0 Å². The van der Waals surface area contributed by atoms with Crippen LogP contribution >= 0.6 is 0 Å². The van der Waals surface area contributed by atoms with E-state index in [1.165, 1.54) is 6.07 Å². The molecule has 3 atom stereocenters. The zero-order valence-corrected chi connectivity index (χ0v) is 16.5. The van der Waals surface area contributed by atoms with Crippen molar-refractivity contribution >= 4 is 5.70 Å². The quantitative estimate of drug-likeness (QED) is 0.611. The minimum Gasteiger partial charge on any atom is -0.472 e. The van der Waals surface area contributed by atoms with Crippen LogP contribution in [0.5, 0.6) is 5.88 Å². The number of para-hydroxylation sites is 1. The predicted octanol–water partition coefficient (Wildman–Crippen LogP) is 4.19. The average Bonchev–Trinajstić information content (AvgIpc) is 3.50. The molecule has 2 aliphatic rings. The Morgan fingerprint density at radius 3 is 2.52 bits per heavy atom. The minimum absolute atomic E-state index is 0.0835. The van der Waals surface area contributed by atoms with Crippen molar-refractivity contribution in [2.75, 3.05) is 6.54 Å². The first-order chi connectivity index (χ1) is 14.9. The molecule has 1 aliphatic heterocycles. The molecular weight excluding hydrogens is 407 g/mol. The number of fused-ring (bicyclic) bond motifs is 2. The third-order valence-corrected chi connectivity index (χ3v) is 5.96. The van der Waals surface area contributed by atoms with Gasteiger partial charge in [-0.25, -0.2) is 4.98 Å². The lowest BCUT2D eigenvalue weighted by molar-refractivity contribution is -0.137. The smallest absolute Gasteiger partial charge is 0.417 e. The molecule has 0 radical (unpaired) electrons. The Hall–Kier alpha value is -3.36. The van der Waals surface area contributed by atoms with E-state index in [0.29, 0.717) is 5.92 Å². The number of likely N-dealkylation sites (tertiary alicyclic amines) is 1. The molecule has 2 aromatic heterocycles. The van der Waals surface area contributed by atoms with Crippen LogP contribution in [0.4, 0.5) is 13.2 Å². The van der Waals surface area contributed by atoms with Crippen LogP contribution in [0, 0.1) is 5.92 Å². The van der Waals surface area contributed by atoms with Crippen molar-refractivity contribution in [3.63, 3.8) is 0 Å². The molecule has 0 amide bonds. The fourth-order valence-corrected chi connectivity index (χ4v) is 4.56. The summed E-state index contributed by atoms with van der Waals surface area (Å²) in [4.78, 5) is 7.66. The van der Waals surface area contributed by atoms with E-state index in [4.69, 9.17) is 4.74 Å². The van der Waals surface area contributed by atoms with Crippen molar-refractivity contribution < 1.29 is 17.9 Å². The molecule has 3 aromatic rings. The molecule has 0 N–H and O–H groups in total. The van der Waals surface area contributed by atoms with Crippen molar-refractivity contribution in [1.29, 1.82) is 0 Å². The first kappa shape index (κ1) is 19.6. The van der Waals surface area contributed by atoms with Gasteiger partial charge in [0.15, 0.2) is 0 Å². The van der Waals surface area contributed by atoms with Crippen LogP contribution in [0.15, 0.2) is 61.6 Å². The number of halogens is 3. The first-order valence-electron chi connectivity index (χ1n) is 10.0. The van der Waals surface area contributed by atoms with E-state index >= 15 is 0 Å². The molecular formula is C22H20F3N5O. The van der Waals surface area contributed by atoms with Gasteiger partial charge in [0.25, 0.3) is 0 Å². The molecule has 6 nitrogen and oxygen atoms in total. The van der Waals surface area contributed by atoms with Gasteiger partial charge in [0.1, 0.15) is 6.10 Å². The van der Waals surface area contributed by atoms with Gasteiger partial charge in [-0.2, -0.15) is 28.2 Å². The SMILES string of the molecule is C=C(c1ccccc1-n1nccn1)N1CC2CC(Oc3ccc(C(F)(F)F)cn3)C1C2. The van der Waals surface area contributed by atoms with Crippen molar-refractivity contribution in [3.8, 4) is 11.6 Å². The van der Waals surface area contributed by atoms with E-state index in [9.17, 15) is 13.2 Å². The fraction of sp³-hybridized carbons (Fsp3) is 0.318. The van der Waals surface area contributed by atoms with Gasteiger partial charge in [-0.05, 0) is 30.9 Å². The van der Waals surface area contributed by atoms with E-state index < -0.39 is 11.7 Å². The van der Waals surface area contributed by atoms with E-state index in [0.717, 1.165) is 48.6 Å². The third kappa shape index (κ3) is 3.64. The standard InChI is InChI=1S/C22H20F3N5O/c1-14(17-4-2-3-5-18(17)30-27-8-9-28-30)29-13-15-10-19(29)20(11-15)31-21-7-6-16(12-26-21)22(23,24)25/h2-9,12,15,19-20H,1,10-11,13H2. The van der Waals surface area contributed by atoms with Crippen LogP contribution in [0.2, 0.25) is 0 Å². The number of alkyl halides is 3. The van der Waals surface area contributed by atoms with Gasteiger partial charge in [-0.3, -0.25) is 0 Å². The number of aromatic nitrogens is 4. The number of hydrogen-bond acceptors (Lipinski definition) is 5. The topological polar surface area (TPSA) is 56.1 Å². The molecule has 0 spiro atoms. The lowest BCUT2D eigenvalue weighted by atomic mass is 10.0. The van der Waals surface area contributed by atoms with Crippen LogP contribution in [-0.2, 0) is 6.18 Å². The second kappa shape index (κ2) is 7.40. The Morgan fingerprint density at radius 2 is 1.84 bits per heavy atom. The Labute approximate surface area is 177 Å². The van der Waals surface area contributed by atoms with Crippen molar-refractivity contribution in [3.05, 3.63) is 72.7 Å². The second-order valence-electron chi connectivity index (χ2n) is 7.88. The number of pyridine rings is 1. The maximum absolute atomic E-state index is 12.8. The summed E-state index contributed by atoms with van der Waals surface area (Å²) in [6.07, 6.45) is 1.29. The molecule has 2 bridgehead atoms. The zero-order chi connectivity index (χ0) is 21.6.